The zero-order valence-corrected chi connectivity index (χ0v) is 38.5. The number of allylic oxidation sites excluding steroid dienone is 8. The Kier molecular flexibility index (Phi) is 47.2. The van der Waals surface area contributed by atoms with Crippen LogP contribution in [0.1, 0.15) is 181 Å². The fourth-order valence-corrected chi connectivity index (χ4v) is 6.01. The van der Waals surface area contributed by atoms with Crippen molar-refractivity contribution in [3.8, 4) is 0 Å². The van der Waals surface area contributed by atoms with Gasteiger partial charge in [0.15, 0.2) is 0 Å². The lowest BCUT2D eigenvalue weighted by Crippen LogP contribution is -2.29. The first-order valence-electron chi connectivity index (χ1n) is 23.3. The van der Waals surface area contributed by atoms with Gasteiger partial charge < -0.3 is 24.4 Å². The molecule has 0 bridgehead atoms. The van der Waals surface area contributed by atoms with Crippen LogP contribution in [-0.4, -0.2) is 105 Å². The van der Waals surface area contributed by atoms with Crippen molar-refractivity contribution in [2.45, 2.75) is 193 Å². The molecule has 1 unspecified atom stereocenters. The number of carbonyl (C=O) groups excluding carboxylic acids is 2. The van der Waals surface area contributed by atoms with E-state index in [1.165, 1.54) is 128 Å². The minimum absolute atomic E-state index is 0.196. The van der Waals surface area contributed by atoms with Gasteiger partial charge in [-0.25, -0.2) is 0 Å². The van der Waals surface area contributed by atoms with E-state index in [1.54, 1.807) is 38.0 Å². The monoisotopic (exact) mass is 821 g/mol. The van der Waals surface area contributed by atoms with Crippen LogP contribution in [0.3, 0.4) is 0 Å². The van der Waals surface area contributed by atoms with Gasteiger partial charge in [-0.2, -0.15) is 0 Å². The maximum atomic E-state index is 11.5. The summed E-state index contributed by atoms with van der Waals surface area (Å²) in [6, 6.07) is 0. The van der Waals surface area contributed by atoms with Gasteiger partial charge >= 0.3 is 11.9 Å². The molecule has 58 heavy (non-hydrogen) atoms. The summed E-state index contributed by atoms with van der Waals surface area (Å²) in [5, 5.41) is 17.3. The number of ether oxygens (including phenoxy) is 3. The molecule has 0 aromatic rings. The van der Waals surface area contributed by atoms with Crippen LogP contribution in [0, 0.1) is 0 Å². The molecule has 9 nitrogen and oxygen atoms in total. The first-order chi connectivity index (χ1) is 28.2. The molecule has 0 aromatic heterocycles. The maximum Gasteiger partial charge on any atom is 0.322 e. The van der Waals surface area contributed by atoms with Crippen LogP contribution in [0.25, 0.3) is 0 Å². The van der Waals surface area contributed by atoms with Gasteiger partial charge in [-0.15, -0.1) is 0 Å². The Balaban J connectivity index is 0. The topological polar surface area (TPSA) is 109 Å². The second-order valence-electron chi connectivity index (χ2n) is 16.0. The number of likely N-dealkylation sites (N-methyl/N-ethyl adjacent to an activating group) is 2. The summed E-state index contributed by atoms with van der Waals surface area (Å²) in [4.78, 5) is 26.3. The number of carbonyl (C=O) groups is 2. The molecule has 1 fully saturated rings. The molecular weight excluding hydrogens is 729 g/mol. The van der Waals surface area contributed by atoms with Crippen LogP contribution < -0.4 is 0 Å². The summed E-state index contributed by atoms with van der Waals surface area (Å²) in [7, 11) is 7.19. The standard InChI is InChI=1S/2C18H34O.C13H24N2O5/c2*1-2-3-4-5-6-7-8-9-10-11-12-13-14-15-16-17-18-19;1-14(2)7-11(16)18-9-10-5-6-13(19-10)20-12(17)8-15(3)4/h2*6-7,9-10,19H,2-5,8,11-18H2,1H3;10,13H,5-9H2,1-4H3/b2*7-6-,10-9-;/t;;10?,13-/m..0/s1. The van der Waals surface area contributed by atoms with Crippen molar-refractivity contribution in [3.63, 3.8) is 0 Å². The Hall–Kier alpha value is -2.30. The Morgan fingerprint density at radius 1 is 0.534 bits per heavy atom. The van der Waals surface area contributed by atoms with Crippen molar-refractivity contribution >= 4 is 11.9 Å². The van der Waals surface area contributed by atoms with E-state index in [-0.39, 0.29) is 37.7 Å². The minimum Gasteiger partial charge on any atom is -0.462 e. The van der Waals surface area contributed by atoms with E-state index >= 15 is 0 Å². The molecule has 1 aliphatic heterocycles. The van der Waals surface area contributed by atoms with Crippen LogP contribution in [-0.2, 0) is 23.8 Å². The molecule has 340 valence electrons. The third-order valence-electron chi connectivity index (χ3n) is 9.37. The molecular formula is C49H92N2O7. The SMILES string of the molecule is CCCCC/C=C\C/C=C\CCCCCCCCO.CCCCC/C=C\C/C=C\CCCCCCCCO.CN(C)CC(=O)OCC1CC[C@H](OC(=O)CN(C)C)O1. The number of aliphatic hydroxyl groups excluding tert-OH is 2. The first kappa shape index (κ1) is 57.8. The second kappa shape index (κ2) is 47.4. The average molecular weight is 821 g/mol. The number of nitrogens with zero attached hydrogens (tertiary/aromatic N) is 2. The van der Waals surface area contributed by atoms with E-state index in [0.717, 1.165) is 32.1 Å². The number of hydrogen-bond donors (Lipinski definition) is 2. The molecule has 2 N–H and O–H groups in total. The molecule has 1 aliphatic rings. The highest BCUT2D eigenvalue weighted by Gasteiger charge is 2.29. The zero-order valence-electron chi connectivity index (χ0n) is 38.5. The van der Waals surface area contributed by atoms with Crippen LogP contribution in [0.2, 0.25) is 0 Å². The fourth-order valence-electron chi connectivity index (χ4n) is 6.01. The second-order valence-corrected chi connectivity index (χ2v) is 16.0. The number of unbranched alkanes of at least 4 members (excludes halogenated alkanes) is 18. The highest BCUT2D eigenvalue weighted by atomic mass is 16.7. The quantitative estimate of drug-likeness (QED) is 0.0367. The van der Waals surface area contributed by atoms with Gasteiger partial charge in [0.05, 0.1) is 19.2 Å². The molecule has 0 amide bonds. The number of rotatable bonds is 35. The highest BCUT2D eigenvalue weighted by molar-refractivity contribution is 5.72. The van der Waals surface area contributed by atoms with Gasteiger partial charge in [0.1, 0.15) is 6.61 Å². The molecule has 0 saturated carbocycles. The molecule has 1 rings (SSSR count). The maximum absolute atomic E-state index is 11.5. The number of esters is 2. The smallest absolute Gasteiger partial charge is 0.322 e. The normalized spacial score (nSPS) is 15.5. The summed E-state index contributed by atoms with van der Waals surface area (Å²) in [6.45, 7) is 5.88. The van der Waals surface area contributed by atoms with E-state index in [1.807, 2.05) is 0 Å². The molecule has 1 heterocycles. The van der Waals surface area contributed by atoms with Crippen molar-refractivity contribution in [2.24, 2.45) is 0 Å². The highest BCUT2D eigenvalue weighted by Crippen LogP contribution is 2.21. The van der Waals surface area contributed by atoms with E-state index in [9.17, 15) is 9.59 Å². The number of hydrogen-bond acceptors (Lipinski definition) is 9. The van der Waals surface area contributed by atoms with Gasteiger partial charge in [0.25, 0.3) is 0 Å². The lowest BCUT2D eigenvalue weighted by atomic mass is 10.1. The van der Waals surface area contributed by atoms with Crippen LogP contribution in [0.4, 0.5) is 0 Å². The third-order valence-corrected chi connectivity index (χ3v) is 9.37. The average Bonchev–Trinajstić information content (AvgIpc) is 3.64. The Morgan fingerprint density at radius 2 is 0.914 bits per heavy atom. The lowest BCUT2D eigenvalue weighted by molar-refractivity contribution is -0.180. The summed E-state index contributed by atoms with van der Waals surface area (Å²) >= 11 is 0. The molecule has 0 aromatic carbocycles. The minimum atomic E-state index is -0.528. The third kappa shape index (κ3) is 48.1. The zero-order chi connectivity index (χ0) is 43.2. The summed E-state index contributed by atoms with van der Waals surface area (Å²) in [5.74, 6) is -0.600. The van der Waals surface area contributed by atoms with Gasteiger partial charge in [0.2, 0.25) is 6.29 Å². The molecule has 2 atom stereocenters. The van der Waals surface area contributed by atoms with Crippen LogP contribution >= 0.6 is 0 Å². The van der Waals surface area contributed by atoms with E-state index in [0.29, 0.717) is 19.6 Å². The summed E-state index contributed by atoms with van der Waals surface area (Å²) in [5.41, 5.74) is 0. The van der Waals surface area contributed by atoms with E-state index < -0.39 is 6.29 Å². The van der Waals surface area contributed by atoms with Crippen molar-refractivity contribution in [3.05, 3.63) is 48.6 Å². The van der Waals surface area contributed by atoms with Crippen LogP contribution in [0.15, 0.2) is 48.6 Å². The van der Waals surface area contributed by atoms with Crippen molar-refractivity contribution < 1.29 is 34.0 Å². The lowest BCUT2D eigenvalue weighted by Gasteiger charge is -2.16. The Morgan fingerprint density at radius 3 is 1.31 bits per heavy atom. The Labute approximate surface area is 357 Å². The van der Waals surface area contributed by atoms with Crippen molar-refractivity contribution in [2.75, 3.05) is 61.1 Å². The van der Waals surface area contributed by atoms with Crippen molar-refractivity contribution in [1.82, 2.24) is 9.80 Å². The molecule has 1 saturated heterocycles. The number of aliphatic hydroxyl groups is 2. The summed E-state index contributed by atoms with van der Waals surface area (Å²) in [6.07, 6.45) is 49.1. The van der Waals surface area contributed by atoms with Crippen LogP contribution in [0.5, 0.6) is 0 Å². The predicted octanol–water partition coefficient (Wildman–Crippen LogP) is 11.3. The molecule has 0 radical (unpaired) electrons. The molecule has 0 aliphatic carbocycles. The predicted molar refractivity (Wildman–Crippen MR) is 245 cm³/mol. The van der Waals surface area contributed by atoms with E-state index in [4.69, 9.17) is 24.4 Å². The van der Waals surface area contributed by atoms with Gasteiger partial charge in [-0.3, -0.25) is 19.4 Å². The molecule has 0 spiro atoms. The Bertz CT molecular complexity index is 950. The largest absolute Gasteiger partial charge is 0.462 e. The van der Waals surface area contributed by atoms with Gasteiger partial charge in [-0.05, 0) is 112 Å². The fraction of sp³-hybridized carbons (Fsp3) is 0.796. The van der Waals surface area contributed by atoms with Crippen molar-refractivity contribution in [1.29, 1.82) is 0 Å². The summed E-state index contributed by atoms with van der Waals surface area (Å²) < 4.78 is 15.8. The first-order valence-corrected chi connectivity index (χ1v) is 23.3. The molecule has 9 heteroatoms. The van der Waals surface area contributed by atoms with Gasteiger partial charge in [-0.1, -0.05) is 140 Å². The van der Waals surface area contributed by atoms with Gasteiger partial charge in [0, 0.05) is 19.6 Å². The van der Waals surface area contributed by atoms with E-state index in [2.05, 4.69) is 62.5 Å².